The molecule has 0 heterocycles. The molecule has 0 atom stereocenters. The van der Waals surface area contributed by atoms with Crippen LogP contribution in [-0.4, -0.2) is 39.7 Å². The van der Waals surface area contributed by atoms with Crippen molar-refractivity contribution in [3.8, 4) is 11.5 Å². The van der Waals surface area contributed by atoms with Crippen LogP contribution in [0.15, 0.2) is 82.8 Å². The smallest absolute Gasteiger partial charge is 0.343 e. The highest BCUT2D eigenvalue weighted by Gasteiger charge is 2.15. The molecule has 1 amide bonds. The largest absolute Gasteiger partial charge is 0.494 e. The number of rotatable bonds is 11. The SMILES string of the molecule is CCCOc1ccc(C(=O)Oc2ccc(/C=N/NC(=O)CNS(=O)(=O)c3ccc(Cl)cc3)cc2)cc1. The van der Waals surface area contributed by atoms with Gasteiger partial charge in [0.05, 0.1) is 29.8 Å². The van der Waals surface area contributed by atoms with Crippen LogP contribution in [0.4, 0.5) is 0 Å². The second-order valence-electron chi connectivity index (χ2n) is 7.40. The van der Waals surface area contributed by atoms with E-state index in [1.54, 1.807) is 48.5 Å². The van der Waals surface area contributed by atoms with Gasteiger partial charge in [-0.3, -0.25) is 4.79 Å². The van der Waals surface area contributed by atoms with Crippen molar-refractivity contribution in [3.63, 3.8) is 0 Å². The van der Waals surface area contributed by atoms with Crippen molar-refractivity contribution in [3.05, 3.63) is 88.9 Å². The Kier molecular flexibility index (Phi) is 9.57. The average molecular weight is 530 g/mol. The van der Waals surface area contributed by atoms with E-state index in [1.807, 2.05) is 6.92 Å². The molecule has 2 N–H and O–H groups in total. The normalized spacial score (nSPS) is 11.3. The maximum atomic E-state index is 12.3. The first-order valence-electron chi connectivity index (χ1n) is 10.9. The lowest BCUT2D eigenvalue weighted by molar-refractivity contribution is -0.119. The molecule has 0 unspecified atom stereocenters. The summed E-state index contributed by atoms with van der Waals surface area (Å²) in [4.78, 5) is 24.2. The summed E-state index contributed by atoms with van der Waals surface area (Å²) < 4.78 is 37.4. The molecule has 0 aliphatic heterocycles. The van der Waals surface area contributed by atoms with Gasteiger partial charge in [0.2, 0.25) is 10.0 Å². The maximum absolute atomic E-state index is 12.3. The topological polar surface area (TPSA) is 123 Å². The monoisotopic (exact) mass is 529 g/mol. The van der Waals surface area contributed by atoms with Crippen LogP contribution in [-0.2, 0) is 14.8 Å². The zero-order valence-electron chi connectivity index (χ0n) is 19.3. The Morgan fingerprint density at radius 3 is 2.22 bits per heavy atom. The first-order valence-corrected chi connectivity index (χ1v) is 12.7. The molecule has 11 heteroatoms. The van der Waals surface area contributed by atoms with E-state index >= 15 is 0 Å². The zero-order chi connectivity index (χ0) is 26.0. The summed E-state index contributed by atoms with van der Waals surface area (Å²) in [5.41, 5.74) is 3.24. The highest BCUT2D eigenvalue weighted by atomic mass is 35.5. The molecule has 0 saturated carbocycles. The molecule has 188 valence electrons. The third-order valence-corrected chi connectivity index (χ3v) is 6.27. The van der Waals surface area contributed by atoms with Crippen molar-refractivity contribution in [2.75, 3.05) is 13.2 Å². The van der Waals surface area contributed by atoms with Gasteiger partial charge in [-0.1, -0.05) is 18.5 Å². The predicted octanol–water partition coefficient (Wildman–Crippen LogP) is 3.78. The Labute approximate surface area is 214 Å². The minimum absolute atomic E-state index is 0.0120. The maximum Gasteiger partial charge on any atom is 0.343 e. The lowest BCUT2D eigenvalue weighted by atomic mass is 10.2. The van der Waals surface area contributed by atoms with E-state index in [2.05, 4.69) is 15.2 Å². The molecule has 0 fully saturated rings. The highest BCUT2D eigenvalue weighted by Crippen LogP contribution is 2.17. The fourth-order valence-electron chi connectivity index (χ4n) is 2.77. The fraction of sp³-hybridized carbons (Fsp3) is 0.160. The van der Waals surface area contributed by atoms with Gasteiger partial charge in [0.1, 0.15) is 11.5 Å². The third-order valence-electron chi connectivity index (χ3n) is 4.60. The summed E-state index contributed by atoms with van der Waals surface area (Å²) in [6.07, 6.45) is 2.26. The molecular weight excluding hydrogens is 506 g/mol. The van der Waals surface area contributed by atoms with E-state index in [-0.39, 0.29) is 4.90 Å². The second-order valence-corrected chi connectivity index (χ2v) is 9.61. The van der Waals surface area contributed by atoms with E-state index < -0.39 is 28.4 Å². The van der Waals surface area contributed by atoms with Crippen LogP contribution in [0.25, 0.3) is 0 Å². The van der Waals surface area contributed by atoms with Gasteiger partial charge in [-0.15, -0.1) is 0 Å². The number of benzene rings is 3. The molecule has 0 bridgehead atoms. The molecule has 3 rings (SSSR count). The summed E-state index contributed by atoms with van der Waals surface area (Å²) in [7, 11) is -3.86. The van der Waals surface area contributed by atoms with Crippen LogP contribution in [0.3, 0.4) is 0 Å². The number of carbonyl (C=O) groups excluding carboxylic acids is 2. The Morgan fingerprint density at radius 1 is 0.944 bits per heavy atom. The number of nitrogens with one attached hydrogen (secondary N) is 2. The standard InChI is InChI=1S/C25H24ClN3O6S/c1-2-15-34-21-11-5-19(6-12-21)25(31)35-22-9-3-18(4-10-22)16-27-29-24(30)17-28-36(32,33)23-13-7-20(26)8-14-23/h3-14,16,28H,2,15,17H2,1H3,(H,29,30)/b27-16+. The summed E-state index contributed by atoms with van der Waals surface area (Å²) in [5.74, 6) is -0.139. The lowest BCUT2D eigenvalue weighted by Crippen LogP contribution is -2.34. The van der Waals surface area contributed by atoms with Gasteiger partial charge >= 0.3 is 5.97 Å². The van der Waals surface area contributed by atoms with Crippen molar-refractivity contribution in [2.45, 2.75) is 18.2 Å². The number of hydrazone groups is 1. The van der Waals surface area contributed by atoms with Gasteiger partial charge in [0, 0.05) is 5.02 Å². The molecule has 3 aromatic carbocycles. The number of sulfonamides is 1. The number of halogens is 1. The number of nitrogens with zero attached hydrogens (tertiary/aromatic N) is 1. The van der Waals surface area contributed by atoms with Crippen molar-refractivity contribution in [1.82, 2.24) is 10.1 Å². The Hall–Kier alpha value is -3.73. The first kappa shape index (κ1) is 26.9. The molecule has 0 aliphatic rings. The summed E-state index contributed by atoms with van der Waals surface area (Å²) in [6.45, 7) is 2.12. The van der Waals surface area contributed by atoms with Crippen molar-refractivity contribution >= 4 is 39.7 Å². The Balaban J connectivity index is 1.46. The Morgan fingerprint density at radius 2 is 1.58 bits per heavy atom. The van der Waals surface area contributed by atoms with E-state index in [0.29, 0.717) is 34.3 Å². The van der Waals surface area contributed by atoms with E-state index in [0.717, 1.165) is 6.42 Å². The lowest BCUT2D eigenvalue weighted by Gasteiger charge is -2.07. The van der Waals surface area contributed by atoms with Crippen molar-refractivity contribution in [1.29, 1.82) is 0 Å². The minimum Gasteiger partial charge on any atom is -0.494 e. The van der Waals surface area contributed by atoms with Gasteiger partial charge in [0.15, 0.2) is 0 Å². The number of hydrogen-bond acceptors (Lipinski definition) is 7. The van der Waals surface area contributed by atoms with Crippen LogP contribution in [0.2, 0.25) is 5.02 Å². The first-order chi connectivity index (χ1) is 17.3. The highest BCUT2D eigenvalue weighted by molar-refractivity contribution is 7.89. The molecule has 0 aromatic heterocycles. The van der Waals surface area contributed by atoms with Gasteiger partial charge in [-0.25, -0.2) is 23.4 Å². The average Bonchev–Trinajstić information content (AvgIpc) is 2.88. The van der Waals surface area contributed by atoms with Crippen LogP contribution >= 0.6 is 11.6 Å². The molecule has 0 aliphatic carbocycles. The number of ether oxygens (including phenoxy) is 2. The van der Waals surface area contributed by atoms with Crippen LogP contribution in [0.5, 0.6) is 11.5 Å². The van der Waals surface area contributed by atoms with E-state index in [1.165, 1.54) is 30.5 Å². The third kappa shape index (κ3) is 8.19. The molecule has 0 saturated heterocycles. The zero-order valence-corrected chi connectivity index (χ0v) is 20.9. The van der Waals surface area contributed by atoms with Crippen molar-refractivity contribution in [2.24, 2.45) is 5.10 Å². The van der Waals surface area contributed by atoms with Crippen molar-refractivity contribution < 1.29 is 27.5 Å². The molecule has 3 aromatic rings. The molecular formula is C25H24ClN3O6S. The van der Waals surface area contributed by atoms with Gasteiger partial charge < -0.3 is 9.47 Å². The van der Waals surface area contributed by atoms with Crippen LogP contribution in [0, 0.1) is 0 Å². The number of esters is 1. The van der Waals surface area contributed by atoms with Crippen LogP contribution < -0.4 is 19.6 Å². The number of hydrogen-bond donors (Lipinski definition) is 2. The summed E-state index contributed by atoms with van der Waals surface area (Å²) >= 11 is 5.75. The minimum atomic E-state index is -3.86. The van der Waals surface area contributed by atoms with E-state index in [9.17, 15) is 18.0 Å². The van der Waals surface area contributed by atoms with Crippen LogP contribution in [0.1, 0.15) is 29.3 Å². The molecule has 9 nitrogen and oxygen atoms in total. The second kappa shape index (κ2) is 12.8. The quantitative estimate of drug-likeness (QED) is 0.169. The number of amides is 1. The molecule has 0 spiro atoms. The van der Waals surface area contributed by atoms with Gasteiger partial charge in [0.25, 0.3) is 5.91 Å². The molecule has 0 radical (unpaired) electrons. The predicted molar refractivity (Wildman–Crippen MR) is 136 cm³/mol. The fourth-order valence-corrected chi connectivity index (χ4v) is 3.88. The van der Waals surface area contributed by atoms with E-state index in [4.69, 9.17) is 21.1 Å². The Bertz CT molecular complexity index is 1310. The summed E-state index contributed by atoms with van der Waals surface area (Å²) in [5, 5.41) is 4.20. The van der Waals surface area contributed by atoms with Gasteiger partial charge in [-0.2, -0.15) is 5.10 Å². The molecule has 36 heavy (non-hydrogen) atoms. The van der Waals surface area contributed by atoms with Gasteiger partial charge in [-0.05, 0) is 84.8 Å². The number of carbonyl (C=O) groups is 2. The summed E-state index contributed by atoms with van der Waals surface area (Å²) in [6, 6.07) is 18.7.